The normalized spacial score (nSPS) is 21.4. The summed E-state index contributed by atoms with van der Waals surface area (Å²) in [5.74, 6) is 0.824. The van der Waals surface area contributed by atoms with Crippen LogP contribution in [0.2, 0.25) is 0 Å². The average Bonchev–Trinajstić information content (AvgIpc) is 2.97. The lowest BCUT2D eigenvalue weighted by atomic mass is 9.85. The summed E-state index contributed by atoms with van der Waals surface area (Å²) >= 11 is 0. The number of imide groups is 1. The minimum Gasteiger partial charge on any atom is -0.444 e. The number of likely N-dealkylation sites (tertiary alicyclic amines) is 2. The molecule has 8 heteroatoms. The number of carbonyl (C=O) groups is 3. The molecule has 0 aromatic heterocycles. The lowest BCUT2D eigenvalue weighted by molar-refractivity contribution is -0.134. The van der Waals surface area contributed by atoms with Crippen LogP contribution in [-0.4, -0.2) is 72.6 Å². The van der Waals surface area contributed by atoms with Crippen molar-refractivity contribution in [1.29, 1.82) is 0 Å². The van der Waals surface area contributed by atoms with Crippen LogP contribution >= 0.6 is 0 Å². The summed E-state index contributed by atoms with van der Waals surface area (Å²) in [6, 6.07) is 16.7. The van der Waals surface area contributed by atoms with Crippen LogP contribution < -0.4 is 10.6 Å². The molecule has 2 aromatic carbocycles. The molecule has 2 aromatic rings. The van der Waals surface area contributed by atoms with Crippen LogP contribution in [-0.2, 0) is 20.7 Å². The highest BCUT2D eigenvalue weighted by Crippen LogP contribution is 2.32. The Hall–Kier alpha value is -3.23. The van der Waals surface area contributed by atoms with Crippen molar-refractivity contribution in [1.82, 2.24) is 15.1 Å². The van der Waals surface area contributed by atoms with Gasteiger partial charge in [-0.25, -0.2) is 4.79 Å². The fourth-order valence-electron chi connectivity index (χ4n) is 6.68. The highest BCUT2D eigenvalue weighted by molar-refractivity contribution is 6.00. The molecule has 5 rings (SSSR count). The Kier molecular flexibility index (Phi) is 10.2. The fraction of sp³-hybridized carbons (Fsp3) is 0.571. The minimum absolute atomic E-state index is 0.162. The van der Waals surface area contributed by atoms with Crippen LogP contribution in [0.25, 0.3) is 0 Å². The number of anilines is 1. The Bertz CT molecular complexity index is 1240. The van der Waals surface area contributed by atoms with Gasteiger partial charge in [0.25, 0.3) is 0 Å². The fourth-order valence-corrected chi connectivity index (χ4v) is 6.68. The van der Waals surface area contributed by atoms with E-state index < -0.39 is 11.7 Å². The Balaban J connectivity index is 0.979. The van der Waals surface area contributed by atoms with E-state index in [0.29, 0.717) is 18.8 Å². The summed E-state index contributed by atoms with van der Waals surface area (Å²) in [7, 11) is 0. The van der Waals surface area contributed by atoms with E-state index in [2.05, 4.69) is 56.8 Å². The zero-order chi connectivity index (χ0) is 30.4. The van der Waals surface area contributed by atoms with E-state index in [9.17, 15) is 14.4 Å². The molecule has 43 heavy (non-hydrogen) atoms. The van der Waals surface area contributed by atoms with Crippen molar-refractivity contribution in [2.24, 2.45) is 5.92 Å². The number of hydrogen-bond donors (Lipinski definition) is 2. The quantitative estimate of drug-likeness (QED) is 0.385. The molecule has 0 bridgehead atoms. The predicted molar refractivity (Wildman–Crippen MR) is 169 cm³/mol. The molecule has 3 fully saturated rings. The van der Waals surface area contributed by atoms with E-state index >= 15 is 0 Å². The highest BCUT2D eigenvalue weighted by Gasteiger charge is 2.29. The summed E-state index contributed by atoms with van der Waals surface area (Å²) in [4.78, 5) is 40.9. The van der Waals surface area contributed by atoms with Crippen molar-refractivity contribution in [2.45, 2.75) is 83.2 Å². The third kappa shape index (κ3) is 9.13. The molecule has 3 amide bonds. The van der Waals surface area contributed by atoms with Crippen LogP contribution in [0.1, 0.15) is 87.8 Å². The van der Waals surface area contributed by atoms with Gasteiger partial charge < -0.3 is 14.5 Å². The highest BCUT2D eigenvalue weighted by atomic mass is 16.6. The molecule has 3 heterocycles. The largest absolute Gasteiger partial charge is 0.444 e. The molecule has 0 spiro atoms. The summed E-state index contributed by atoms with van der Waals surface area (Å²) in [5.41, 5.74) is 3.92. The molecular weight excluding hydrogens is 540 g/mol. The van der Waals surface area contributed by atoms with Crippen LogP contribution in [0.5, 0.6) is 0 Å². The first-order valence-electron chi connectivity index (χ1n) is 16.1. The van der Waals surface area contributed by atoms with Gasteiger partial charge in [-0.2, -0.15) is 0 Å². The van der Waals surface area contributed by atoms with Gasteiger partial charge in [-0.15, -0.1) is 0 Å². The van der Waals surface area contributed by atoms with Crippen LogP contribution in [0, 0.1) is 5.92 Å². The van der Waals surface area contributed by atoms with Crippen LogP contribution in [0.3, 0.4) is 0 Å². The number of nitrogens with zero attached hydrogens (tertiary/aromatic N) is 2. The van der Waals surface area contributed by atoms with Crippen molar-refractivity contribution in [3.63, 3.8) is 0 Å². The predicted octanol–water partition coefficient (Wildman–Crippen LogP) is 5.69. The lowest BCUT2D eigenvalue weighted by Gasteiger charge is -2.38. The third-order valence-corrected chi connectivity index (χ3v) is 9.18. The van der Waals surface area contributed by atoms with E-state index in [4.69, 9.17) is 4.74 Å². The molecule has 0 radical (unpaired) electrons. The second kappa shape index (κ2) is 14.0. The van der Waals surface area contributed by atoms with Gasteiger partial charge in [0.1, 0.15) is 5.60 Å². The smallest absolute Gasteiger partial charge is 0.412 e. The summed E-state index contributed by atoms with van der Waals surface area (Å²) in [6.45, 7) is 12.5. The van der Waals surface area contributed by atoms with Gasteiger partial charge in [-0.3, -0.25) is 20.2 Å². The number of amides is 3. The molecule has 1 unspecified atom stereocenters. The number of rotatable bonds is 8. The summed E-state index contributed by atoms with van der Waals surface area (Å²) in [5, 5.41) is 5.27. The number of carbonyl (C=O) groups excluding carboxylic acids is 3. The molecule has 0 saturated carbocycles. The molecule has 232 valence electrons. The third-order valence-electron chi connectivity index (χ3n) is 9.18. The Morgan fingerprint density at radius 3 is 2.12 bits per heavy atom. The van der Waals surface area contributed by atoms with Gasteiger partial charge in [0.2, 0.25) is 11.8 Å². The van der Waals surface area contributed by atoms with Crippen molar-refractivity contribution in [3.05, 3.63) is 65.2 Å². The standard InChI is InChI=1S/C35H48N4O4/c1-35(2,3)43-34(42)36-30-10-4-25(5-11-30)14-19-38-20-15-26(16-21-38)24-39-22-17-28(18-23-39)27-6-8-29(9-7-27)31-12-13-32(40)37-33(31)41/h4-11,26,28,31H,12-24H2,1-3H3,(H,36,42)(H,37,40,41). The number of benzene rings is 2. The zero-order valence-electron chi connectivity index (χ0n) is 26.1. The number of piperidine rings is 3. The van der Waals surface area contributed by atoms with Crippen molar-refractivity contribution >= 4 is 23.6 Å². The van der Waals surface area contributed by atoms with Gasteiger partial charge in [0.05, 0.1) is 5.92 Å². The maximum absolute atomic E-state index is 12.2. The Labute approximate surface area is 256 Å². The van der Waals surface area contributed by atoms with Crippen molar-refractivity contribution < 1.29 is 19.1 Å². The van der Waals surface area contributed by atoms with E-state index in [1.165, 1.54) is 56.4 Å². The van der Waals surface area contributed by atoms with E-state index in [1.54, 1.807) is 0 Å². The molecule has 1 atom stereocenters. The maximum Gasteiger partial charge on any atom is 0.412 e. The van der Waals surface area contributed by atoms with Gasteiger partial charge >= 0.3 is 6.09 Å². The Morgan fingerprint density at radius 2 is 1.49 bits per heavy atom. The second-order valence-electron chi connectivity index (χ2n) is 13.6. The first-order valence-corrected chi connectivity index (χ1v) is 16.1. The number of ether oxygens (including phenoxy) is 1. The van der Waals surface area contributed by atoms with Crippen LogP contribution in [0.4, 0.5) is 10.5 Å². The SMILES string of the molecule is CC(C)(C)OC(=O)Nc1ccc(CCN2CCC(CN3CCC(c4ccc(C5CCC(=O)NC5=O)cc4)CC3)CC2)cc1. The molecular formula is C35H48N4O4. The van der Waals surface area contributed by atoms with Crippen molar-refractivity contribution in [2.75, 3.05) is 44.6 Å². The molecule has 0 aliphatic carbocycles. The van der Waals surface area contributed by atoms with Gasteiger partial charge in [-0.1, -0.05) is 36.4 Å². The molecule has 8 nitrogen and oxygen atoms in total. The maximum atomic E-state index is 12.2. The van der Waals surface area contributed by atoms with Crippen molar-refractivity contribution in [3.8, 4) is 0 Å². The molecule has 2 N–H and O–H groups in total. The molecule has 3 aliphatic heterocycles. The summed E-state index contributed by atoms with van der Waals surface area (Å²) in [6.07, 6.45) is 6.50. The van der Waals surface area contributed by atoms with E-state index in [1.807, 2.05) is 32.9 Å². The van der Waals surface area contributed by atoms with Crippen LogP contribution in [0.15, 0.2) is 48.5 Å². The van der Waals surface area contributed by atoms with Gasteiger partial charge in [0.15, 0.2) is 0 Å². The first kappa shape index (κ1) is 31.2. The lowest BCUT2D eigenvalue weighted by Crippen LogP contribution is -2.41. The first-order chi connectivity index (χ1) is 20.6. The molecule has 3 aliphatic rings. The Morgan fingerprint density at radius 1 is 0.860 bits per heavy atom. The second-order valence-corrected chi connectivity index (χ2v) is 13.6. The average molecular weight is 589 g/mol. The summed E-state index contributed by atoms with van der Waals surface area (Å²) < 4.78 is 5.33. The van der Waals surface area contributed by atoms with Gasteiger partial charge in [-0.05, 0) is 126 Å². The van der Waals surface area contributed by atoms with E-state index in [0.717, 1.165) is 43.2 Å². The monoisotopic (exact) mass is 588 g/mol. The zero-order valence-corrected chi connectivity index (χ0v) is 26.1. The van der Waals surface area contributed by atoms with E-state index in [-0.39, 0.29) is 17.7 Å². The number of nitrogens with one attached hydrogen (secondary N) is 2. The minimum atomic E-state index is -0.509. The van der Waals surface area contributed by atoms with Gasteiger partial charge in [0, 0.05) is 25.2 Å². The topological polar surface area (TPSA) is 91.0 Å². The number of hydrogen-bond acceptors (Lipinski definition) is 6. The molecule has 3 saturated heterocycles.